The number of rotatable bonds is 6. The Labute approximate surface area is 166 Å². The topological polar surface area (TPSA) is 66.8 Å². The van der Waals surface area contributed by atoms with E-state index in [2.05, 4.69) is 0 Å². The maximum Gasteiger partial charge on any atom is 0.306 e. The molecule has 0 aliphatic carbocycles. The molecule has 2 aromatic rings. The van der Waals surface area contributed by atoms with Crippen molar-refractivity contribution in [3.63, 3.8) is 0 Å². The standard InChI is InChI=1S/C20H17NO4S2/c1-13-6-8-15(9-7-13)21-19(24)17(27-20(21)26)12-14-4-2-3-5-16(14)25-11-10-18(22)23/h2-9,12H,10-11H2,1H3,(H,22,23)/b17-12+. The molecule has 1 fully saturated rings. The fourth-order valence-corrected chi connectivity index (χ4v) is 3.79. The minimum absolute atomic E-state index is 0.0600. The highest BCUT2D eigenvalue weighted by atomic mass is 32.2. The second kappa shape index (κ2) is 8.37. The Morgan fingerprint density at radius 1 is 1.22 bits per heavy atom. The maximum absolute atomic E-state index is 12.9. The molecule has 1 N–H and O–H groups in total. The van der Waals surface area contributed by atoms with E-state index in [1.54, 1.807) is 18.2 Å². The van der Waals surface area contributed by atoms with Crippen molar-refractivity contribution in [1.82, 2.24) is 0 Å². The van der Waals surface area contributed by atoms with Crippen LogP contribution in [0, 0.1) is 6.92 Å². The molecule has 0 radical (unpaired) electrons. The number of anilines is 1. The van der Waals surface area contributed by atoms with Gasteiger partial charge in [0, 0.05) is 5.56 Å². The van der Waals surface area contributed by atoms with Crippen LogP contribution in [0.5, 0.6) is 5.75 Å². The number of nitrogens with zero attached hydrogens (tertiary/aromatic N) is 1. The number of carboxylic acid groups (broad SMARTS) is 1. The average Bonchev–Trinajstić information content (AvgIpc) is 2.91. The molecule has 0 aromatic heterocycles. The number of thioether (sulfide) groups is 1. The number of benzene rings is 2. The molecule has 0 atom stereocenters. The summed E-state index contributed by atoms with van der Waals surface area (Å²) in [5.74, 6) is -0.583. The number of amides is 1. The van der Waals surface area contributed by atoms with Crippen LogP contribution in [0.15, 0.2) is 53.4 Å². The molecule has 2 aromatic carbocycles. The van der Waals surface area contributed by atoms with Crippen LogP contribution in [-0.2, 0) is 9.59 Å². The van der Waals surface area contributed by atoms with Gasteiger partial charge in [-0.3, -0.25) is 14.5 Å². The quantitative estimate of drug-likeness (QED) is 0.578. The molecular formula is C20H17NO4S2. The Hall–Kier alpha value is -2.64. The molecule has 5 nitrogen and oxygen atoms in total. The monoisotopic (exact) mass is 399 g/mol. The van der Waals surface area contributed by atoms with Crippen LogP contribution in [-0.4, -0.2) is 27.9 Å². The zero-order valence-electron chi connectivity index (χ0n) is 14.5. The number of para-hydroxylation sites is 1. The molecule has 0 saturated carbocycles. The third kappa shape index (κ3) is 4.56. The number of carbonyl (C=O) groups excluding carboxylic acids is 1. The summed E-state index contributed by atoms with van der Waals surface area (Å²) >= 11 is 6.62. The van der Waals surface area contributed by atoms with Crippen molar-refractivity contribution in [3.05, 3.63) is 64.6 Å². The second-order valence-corrected chi connectivity index (χ2v) is 7.56. The van der Waals surface area contributed by atoms with E-state index in [0.717, 1.165) is 11.3 Å². The van der Waals surface area contributed by atoms with Gasteiger partial charge in [-0.05, 0) is 31.2 Å². The highest BCUT2D eigenvalue weighted by molar-refractivity contribution is 8.27. The Morgan fingerprint density at radius 3 is 2.63 bits per heavy atom. The smallest absolute Gasteiger partial charge is 0.306 e. The van der Waals surface area contributed by atoms with E-state index in [9.17, 15) is 9.59 Å². The van der Waals surface area contributed by atoms with E-state index < -0.39 is 5.97 Å². The van der Waals surface area contributed by atoms with Crippen molar-refractivity contribution in [2.24, 2.45) is 0 Å². The van der Waals surface area contributed by atoms with E-state index in [-0.39, 0.29) is 18.9 Å². The fourth-order valence-electron chi connectivity index (χ4n) is 2.50. The SMILES string of the molecule is Cc1ccc(N2C(=O)/C(=C\c3ccccc3OCCC(=O)O)SC2=S)cc1. The molecule has 3 rings (SSSR count). The van der Waals surface area contributed by atoms with E-state index in [1.807, 2.05) is 43.3 Å². The van der Waals surface area contributed by atoms with Crippen molar-refractivity contribution < 1.29 is 19.4 Å². The average molecular weight is 399 g/mol. The van der Waals surface area contributed by atoms with Crippen molar-refractivity contribution >= 4 is 51.9 Å². The Bertz CT molecular complexity index is 922. The number of hydrogen-bond donors (Lipinski definition) is 1. The molecule has 1 aliphatic rings. The number of thiocarbonyl (C=S) groups is 1. The van der Waals surface area contributed by atoms with Gasteiger partial charge in [-0.1, -0.05) is 59.9 Å². The lowest BCUT2D eigenvalue weighted by Crippen LogP contribution is -2.27. The summed E-state index contributed by atoms with van der Waals surface area (Å²) in [6.45, 7) is 2.04. The molecule has 138 valence electrons. The van der Waals surface area contributed by atoms with Gasteiger partial charge in [0.25, 0.3) is 5.91 Å². The zero-order valence-corrected chi connectivity index (χ0v) is 16.2. The maximum atomic E-state index is 12.9. The first-order valence-corrected chi connectivity index (χ1v) is 9.46. The number of carbonyl (C=O) groups is 2. The predicted octanol–water partition coefficient (Wildman–Crippen LogP) is 4.25. The minimum Gasteiger partial charge on any atom is -0.492 e. The van der Waals surface area contributed by atoms with Crippen molar-refractivity contribution in [2.75, 3.05) is 11.5 Å². The summed E-state index contributed by atoms with van der Waals surface area (Å²) < 4.78 is 6.02. The molecule has 7 heteroatoms. The van der Waals surface area contributed by atoms with Crippen LogP contribution in [0.3, 0.4) is 0 Å². The largest absolute Gasteiger partial charge is 0.492 e. The van der Waals surface area contributed by atoms with Crippen LogP contribution in [0.25, 0.3) is 6.08 Å². The van der Waals surface area contributed by atoms with Crippen LogP contribution in [0.2, 0.25) is 0 Å². The van der Waals surface area contributed by atoms with E-state index in [0.29, 0.717) is 20.5 Å². The summed E-state index contributed by atoms with van der Waals surface area (Å²) in [6, 6.07) is 14.8. The lowest BCUT2D eigenvalue weighted by molar-refractivity contribution is -0.137. The van der Waals surface area contributed by atoms with Gasteiger partial charge < -0.3 is 9.84 Å². The van der Waals surface area contributed by atoms with Gasteiger partial charge in [-0.15, -0.1) is 0 Å². The van der Waals surface area contributed by atoms with Crippen LogP contribution < -0.4 is 9.64 Å². The third-order valence-electron chi connectivity index (χ3n) is 3.86. The normalized spacial score (nSPS) is 15.4. The number of carboxylic acids is 1. The molecular weight excluding hydrogens is 382 g/mol. The van der Waals surface area contributed by atoms with Crippen molar-refractivity contribution in [3.8, 4) is 5.75 Å². The van der Waals surface area contributed by atoms with Gasteiger partial charge >= 0.3 is 5.97 Å². The molecule has 1 heterocycles. The van der Waals surface area contributed by atoms with Crippen LogP contribution in [0.4, 0.5) is 5.69 Å². The van der Waals surface area contributed by atoms with Crippen molar-refractivity contribution in [1.29, 1.82) is 0 Å². The molecule has 1 aliphatic heterocycles. The first-order chi connectivity index (χ1) is 13.0. The Balaban J connectivity index is 1.84. The minimum atomic E-state index is -0.925. The molecule has 1 amide bonds. The van der Waals surface area contributed by atoms with Gasteiger partial charge in [0.1, 0.15) is 5.75 Å². The van der Waals surface area contributed by atoms with Gasteiger partial charge in [-0.25, -0.2) is 0 Å². The lowest BCUT2D eigenvalue weighted by Gasteiger charge is -2.14. The zero-order chi connectivity index (χ0) is 19.4. The van der Waals surface area contributed by atoms with Gasteiger partial charge in [0.15, 0.2) is 4.32 Å². The van der Waals surface area contributed by atoms with E-state index in [1.165, 1.54) is 16.7 Å². The van der Waals surface area contributed by atoms with Gasteiger partial charge in [-0.2, -0.15) is 0 Å². The Morgan fingerprint density at radius 2 is 1.93 bits per heavy atom. The first kappa shape index (κ1) is 19.1. The Kier molecular flexibility index (Phi) is 5.93. The molecule has 27 heavy (non-hydrogen) atoms. The highest BCUT2D eigenvalue weighted by Gasteiger charge is 2.33. The summed E-state index contributed by atoms with van der Waals surface area (Å²) in [6.07, 6.45) is 1.63. The van der Waals surface area contributed by atoms with Crippen LogP contribution in [0.1, 0.15) is 17.5 Å². The molecule has 0 spiro atoms. The highest BCUT2D eigenvalue weighted by Crippen LogP contribution is 2.37. The molecule has 0 unspecified atom stereocenters. The number of aryl methyl sites for hydroxylation is 1. The number of ether oxygens (including phenoxy) is 1. The summed E-state index contributed by atoms with van der Waals surface area (Å²) in [5, 5.41) is 8.75. The first-order valence-electron chi connectivity index (χ1n) is 8.24. The van der Waals surface area contributed by atoms with Crippen molar-refractivity contribution in [2.45, 2.75) is 13.3 Å². The lowest BCUT2D eigenvalue weighted by atomic mass is 10.1. The van der Waals surface area contributed by atoms with E-state index in [4.69, 9.17) is 22.1 Å². The molecule has 0 bridgehead atoms. The van der Waals surface area contributed by atoms with Gasteiger partial charge in [0.05, 0.1) is 23.6 Å². The van der Waals surface area contributed by atoms with E-state index >= 15 is 0 Å². The molecule has 1 saturated heterocycles. The number of hydrogen-bond acceptors (Lipinski definition) is 5. The predicted molar refractivity (Wildman–Crippen MR) is 111 cm³/mol. The van der Waals surface area contributed by atoms with Crippen LogP contribution >= 0.6 is 24.0 Å². The fraction of sp³-hybridized carbons (Fsp3) is 0.150. The summed E-state index contributed by atoms with van der Waals surface area (Å²) in [7, 11) is 0. The number of aliphatic carboxylic acids is 1. The summed E-state index contributed by atoms with van der Waals surface area (Å²) in [5.41, 5.74) is 2.54. The van der Waals surface area contributed by atoms with Gasteiger partial charge in [0.2, 0.25) is 0 Å². The summed E-state index contributed by atoms with van der Waals surface area (Å²) in [4.78, 5) is 25.5. The second-order valence-electron chi connectivity index (χ2n) is 5.88. The third-order valence-corrected chi connectivity index (χ3v) is 5.17.